The van der Waals surface area contributed by atoms with E-state index in [1.165, 1.54) is 6.33 Å². The van der Waals surface area contributed by atoms with Crippen molar-refractivity contribution in [3.05, 3.63) is 76.4 Å². The number of nitrogens with zero attached hydrogens (tertiary/aromatic N) is 4. The molecular weight excluding hydrogens is 440 g/mol. The highest BCUT2D eigenvalue weighted by Crippen LogP contribution is 2.40. The Hall–Kier alpha value is -4.03. The highest BCUT2D eigenvalue weighted by atomic mass is 19.1. The van der Waals surface area contributed by atoms with Crippen molar-refractivity contribution in [3.8, 4) is 11.6 Å². The molecule has 1 aliphatic carbocycles. The van der Waals surface area contributed by atoms with Crippen LogP contribution in [0.3, 0.4) is 0 Å². The van der Waals surface area contributed by atoms with Crippen LogP contribution in [0.5, 0.6) is 11.6 Å². The quantitative estimate of drug-likeness (QED) is 0.497. The van der Waals surface area contributed by atoms with E-state index < -0.39 is 11.6 Å². The van der Waals surface area contributed by atoms with Crippen LogP contribution in [0.4, 0.5) is 31.7 Å². The van der Waals surface area contributed by atoms with Gasteiger partial charge in [0.1, 0.15) is 18.0 Å². The van der Waals surface area contributed by atoms with Crippen molar-refractivity contribution < 1.29 is 18.3 Å². The van der Waals surface area contributed by atoms with Gasteiger partial charge in [0, 0.05) is 41.7 Å². The Balaban J connectivity index is 1.40. The summed E-state index contributed by atoms with van der Waals surface area (Å²) in [5, 5.41) is 3.09. The Labute approximate surface area is 195 Å². The summed E-state index contributed by atoms with van der Waals surface area (Å²) in [6.45, 7) is 12.5. The summed E-state index contributed by atoms with van der Waals surface area (Å²) >= 11 is 0. The van der Waals surface area contributed by atoms with Crippen molar-refractivity contribution >= 4 is 29.0 Å². The van der Waals surface area contributed by atoms with E-state index in [4.69, 9.17) is 16.0 Å². The third-order valence-corrected chi connectivity index (χ3v) is 5.78. The van der Waals surface area contributed by atoms with Gasteiger partial charge in [0.25, 0.3) is 5.69 Å². The van der Waals surface area contributed by atoms with Crippen LogP contribution in [0.1, 0.15) is 18.1 Å². The molecule has 0 radical (unpaired) electrons. The molecule has 5 rings (SSSR count). The maximum absolute atomic E-state index is 15.0. The number of aromatic nitrogens is 2. The number of hydrogen-bond donors (Lipinski definition) is 1. The first-order valence-electron chi connectivity index (χ1n) is 10.8. The van der Waals surface area contributed by atoms with Crippen LogP contribution < -0.4 is 15.0 Å². The standard InChI is InChI=1S/C25H21F2N5O2/c1-15-11-18-19(12-15)22(27)21(13-20(18)26)34-25-23(28-2)24(29-14-30-25)31-16-3-5-17(6-4-16)32-7-9-33-10-8-32/h3-6,12-14H,7-11H2,1H3,(H,29,30,31). The van der Waals surface area contributed by atoms with Crippen LogP contribution in [-0.4, -0.2) is 36.3 Å². The zero-order chi connectivity index (χ0) is 23.7. The Morgan fingerprint density at radius 2 is 1.91 bits per heavy atom. The van der Waals surface area contributed by atoms with Crippen LogP contribution in [0.2, 0.25) is 0 Å². The molecule has 1 N–H and O–H groups in total. The minimum Gasteiger partial charge on any atom is -0.446 e. The normalized spacial score (nSPS) is 14.9. The van der Waals surface area contributed by atoms with Gasteiger partial charge in [0.05, 0.1) is 19.8 Å². The molecule has 0 spiro atoms. The van der Waals surface area contributed by atoms with Crippen molar-refractivity contribution in [2.75, 3.05) is 36.5 Å². The average molecular weight is 461 g/mol. The molecule has 0 bridgehead atoms. The van der Waals surface area contributed by atoms with Gasteiger partial charge in [-0.2, -0.15) is 0 Å². The van der Waals surface area contributed by atoms with Crippen molar-refractivity contribution in [2.45, 2.75) is 13.3 Å². The van der Waals surface area contributed by atoms with Gasteiger partial charge in [-0.3, -0.25) is 0 Å². The number of morpholine rings is 1. The zero-order valence-corrected chi connectivity index (χ0v) is 18.4. The monoisotopic (exact) mass is 461 g/mol. The van der Waals surface area contributed by atoms with E-state index in [-0.39, 0.29) is 28.7 Å². The smallest absolute Gasteiger partial charge is 0.288 e. The largest absolute Gasteiger partial charge is 0.446 e. The van der Waals surface area contributed by atoms with E-state index in [1.54, 1.807) is 6.08 Å². The number of rotatable bonds is 5. The van der Waals surface area contributed by atoms with E-state index in [0.29, 0.717) is 30.9 Å². The van der Waals surface area contributed by atoms with Gasteiger partial charge in [-0.25, -0.2) is 23.6 Å². The fourth-order valence-electron chi connectivity index (χ4n) is 4.09. The second kappa shape index (κ2) is 9.08. The fourth-order valence-corrected chi connectivity index (χ4v) is 4.09. The molecule has 7 nitrogen and oxygen atoms in total. The van der Waals surface area contributed by atoms with Gasteiger partial charge in [-0.05, 0) is 37.6 Å². The number of nitrogens with one attached hydrogen (secondary N) is 1. The molecular formula is C25H21F2N5O2. The number of ether oxygens (including phenoxy) is 2. The lowest BCUT2D eigenvalue weighted by molar-refractivity contribution is 0.122. The van der Waals surface area contributed by atoms with Crippen molar-refractivity contribution in [3.63, 3.8) is 0 Å². The molecule has 172 valence electrons. The maximum atomic E-state index is 15.0. The maximum Gasteiger partial charge on any atom is 0.288 e. The molecule has 2 heterocycles. The van der Waals surface area contributed by atoms with Gasteiger partial charge in [0.2, 0.25) is 5.88 Å². The van der Waals surface area contributed by atoms with Crippen LogP contribution in [0, 0.1) is 18.2 Å². The number of hydrogen-bond acceptors (Lipinski definition) is 6. The molecule has 34 heavy (non-hydrogen) atoms. The van der Waals surface area contributed by atoms with Crippen LogP contribution >= 0.6 is 0 Å². The minimum atomic E-state index is -0.684. The van der Waals surface area contributed by atoms with Gasteiger partial charge in [-0.1, -0.05) is 11.6 Å². The van der Waals surface area contributed by atoms with E-state index >= 15 is 4.39 Å². The summed E-state index contributed by atoms with van der Waals surface area (Å²) in [6, 6.07) is 8.70. The first-order valence-corrected chi connectivity index (χ1v) is 10.8. The summed E-state index contributed by atoms with van der Waals surface area (Å²) in [4.78, 5) is 13.8. The van der Waals surface area contributed by atoms with Crippen molar-refractivity contribution in [1.29, 1.82) is 0 Å². The van der Waals surface area contributed by atoms with Crippen molar-refractivity contribution in [2.24, 2.45) is 0 Å². The SMILES string of the molecule is [C-]#[N+]c1c(Nc2ccc(N3CCOCC3)cc2)ncnc1Oc1cc(F)c2c(c1F)C=C(C)C2. The Bertz CT molecular complexity index is 1310. The second-order valence-electron chi connectivity index (χ2n) is 8.09. The molecule has 1 aliphatic heterocycles. The number of allylic oxidation sites excluding steroid dienone is 1. The average Bonchev–Trinajstić information content (AvgIpc) is 3.26. The molecule has 3 aromatic rings. The molecule has 2 aromatic carbocycles. The number of anilines is 3. The highest BCUT2D eigenvalue weighted by Gasteiger charge is 2.24. The third-order valence-electron chi connectivity index (χ3n) is 5.78. The minimum absolute atomic E-state index is 0.0354. The van der Waals surface area contributed by atoms with Crippen LogP contribution in [-0.2, 0) is 11.2 Å². The summed E-state index contributed by atoms with van der Waals surface area (Å²) in [5.74, 6) is -1.52. The van der Waals surface area contributed by atoms with Gasteiger partial charge in [-0.15, -0.1) is 0 Å². The lowest BCUT2D eigenvalue weighted by Crippen LogP contribution is -2.36. The molecule has 0 amide bonds. The molecule has 0 atom stereocenters. The first kappa shape index (κ1) is 21.8. The van der Waals surface area contributed by atoms with Gasteiger partial charge < -0.3 is 19.7 Å². The molecule has 1 aromatic heterocycles. The molecule has 2 aliphatic rings. The predicted molar refractivity (Wildman–Crippen MR) is 125 cm³/mol. The highest BCUT2D eigenvalue weighted by molar-refractivity contribution is 5.76. The Kier molecular flexibility index (Phi) is 5.82. The molecule has 9 heteroatoms. The summed E-state index contributed by atoms with van der Waals surface area (Å²) in [5.41, 5.74) is 3.08. The van der Waals surface area contributed by atoms with Crippen molar-refractivity contribution in [1.82, 2.24) is 9.97 Å². The van der Waals surface area contributed by atoms with E-state index in [9.17, 15) is 4.39 Å². The van der Waals surface area contributed by atoms with Crippen LogP contribution in [0.25, 0.3) is 10.9 Å². The van der Waals surface area contributed by atoms with E-state index in [0.717, 1.165) is 30.4 Å². The van der Waals surface area contributed by atoms with E-state index in [1.807, 2.05) is 31.2 Å². The summed E-state index contributed by atoms with van der Waals surface area (Å²) < 4.78 is 40.5. The van der Waals surface area contributed by atoms with Crippen LogP contribution in [0.15, 0.2) is 42.2 Å². The molecule has 1 fully saturated rings. The predicted octanol–water partition coefficient (Wildman–Crippen LogP) is 5.64. The first-order chi connectivity index (χ1) is 16.5. The Morgan fingerprint density at radius 1 is 1.15 bits per heavy atom. The number of benzene rings is 2. The molecule has 0 saturated carbocycles. The van der Waals surface area contributed by atoms with E-state index in [2.05, 4.69) is 25.0 Å². The lowest BCUT2D eigenvalue weighted by atomic mass is 10.1. The van der Waals surface area contributed by atoms with Gasteiger partial charge in [0.15, 0.2) is 11.6 Å². The number of fused-ring (bicyclic) bond motifs is 1. The molecule has 0 unspecified atom stereocenters. The zero-order valence-electron chi connectivity index (χ0n) is 18.4. The van der Waals surface area contributed by atoms with Gasteiger partial charge >= 0.3 is 0 Å². The molecule has 1 saturated heterocycles. The number of halogens is 2. The summed E-state index contributed by atoms with van der Waals surface area (Å²) in [6.07, 6.45) is 3.17. The fraction of sp³-hybridized carbons (Fsp3) is 0.240. The topological polar surface area (TPSA) is 63.9 Å². The lowest BCUT2D eigenvalue weighted by Gasteiger charge is -2.28. The Morgan fingerprint density at radius 3 is 2.65 bits per heavy atom. The third kappa shape index (κ3) is 4.16. The summed E-state index contributed by atoms with van der Waals surface area (Å²) in [7, 11) is 0. The second-order valence-corrected chi connectivity index (χ2v) is 8.09.